The van der Waals surface area contributed by atoms with E-state index in [1.807, 2.05) is 0 Å². The number of hydrogen-bond acceptors (Lipinski definition) is 3. The van der Waals surface area contributed by atoms with Crippen molar-refractivity contribution < 1.29 is 29.6 Å². The molecule has 19 heavy (non-hydrogen) atoms. The lowest BCUT2D eigenvalue weighted by molar-refractivity contribution is -0.200. The summed E-state index contributed by atoms with van der Waals surface area (Å²) in [5.74, 6) is 0. The summed E-state index contributed by atoms with van der Waals surface area (Å²) in [7, 11) is 0. The zero-order valence-corrected chi connectivity index (χ0v) is 11.2. The molecule has 1 aliphatic rings. The van der Waals surface area contributed by atoms with Crippen LogP contribution in [0.1, 0.15) is 34.5 Å². The lowest BCUT2D eigenvalue weighted by atomic mass is 10.1. The summed E-state index contributed by atoms with van der Waals surface area (Å²) < 4.78 is 80.9. The van der Waals surface area contributed by atoms with Crippen LogP contribution in [0.4, 0.5) is 18.0 Å². The Bertz CT molecular complexity index is 496. The molecular formula is C12H21F3N2O2. The molecule has 112 valence electrons. The third kappa shape index (κ3) is 4.56. The molecule has 1 rings (SSSR count). The number of halogens is 3. The number of nitrogens with zero attached hydrogens (tertiary/aromatic N) is 2. The van der Waals surface area contributed by atoms with Crippen molar-refractivity contribution >= 4 is 6.09 Å². The molecule has 0 saturated carbocycles. The summed E-state index contributed by atoms with van der Waals surface area (Å²) in [6, 6.07) is 0. The molecule has 0 aliphatic carbocycles. The van der Waals surface area contributed by atoms with E-state index in [-0.39, 0.29) is 4.90 Å². The summed E-state index contributed by atoms with van der Waals surface area (Å²) in [4.78, 5) is 13.5. The Kier molecular flexibility index (Phi) is 2.88. The summed E-state index contributed by atoms with van der Waals surface area (Å²) in [5.41, 5.74) is -0.690. The normalized spacial score (nSPS) is 36.2. The third-order valence-corrected chi connectivity index (χ3v) is 2.51. The molecule has 0 aromatic rings. The first-order valence-electron chi connectivity index (χ1n) is 8.27. The first-order chi connectivity index (χ1) is 10.4. The molecule has 0 spiro atoms. The number of alkyl halides is 3. The van der Waals surface area contributed by atoms with Gasteiger partial charge in [-0.05, 0) is 27.7 Å². The first-order valence-corrected chi connectivity index (χ1v) is 5.62. The van der Waals surface area contributed by atoms with Crippen molar-refractivity contribution in [1.29, 1.82) is 0 Å². The van der Waals surface area contributed by atoms with Crippen LogP contribution in [0.15, 0.2) is 0 Å². The van der Waals surface area contributed by atoms with Crippen LogP contribution in [0.2, 0.25) is 0 Å². The number of ether oxygens (including phenoxy) is 1. The van der Waals surface area contributed by atoms with Crippen LogP contribution >= 0.6 is 0 Å². The van der Waals surface area contributed by atoms with Gasteiger partial charge in [-0.25, -0.2) is 4.79 Å². The van der Waals surface area contributed by atoms with Crippen LogP contribution in [0.25, 0.3) is 0 Å². The molecule has 3 unspecified atom stereocenters. The Morgan fingerprint density at radius 3 is 2.42 bits per heavy atom. The minimum absolute atomic E-state index is 0.144. The predicted octanol–water partition coefficient (Wildman–Crippen LogP) is 2.49. The molecule has 0 aromatic heterocycles. The van der Waals surface area contributed by atoms with Crippen molar-refractivity contribution in [3.8, 4) is 0 Å². The van der Waals surface area contributed by atoms with Crippen molar-refractivity contribution in [2.24, 2.45) is 0 Å². The van der Waals surface area contributed by atoms with E-state index < -0.39 is 50.0 Å². The number of amides is 1. The second kappa shape index (κ2) is 5.56. The van der Waals surface area contributed by atoms with Crippen LogP contribution in [0.5, 0.6) is 0 Å². The molecule has 7 heteroatoms. The smallest absolute Gasteiger partial charge is 0.425 e. The van der Waals surface area contributed by atoms with Gasteiger partial charge in [0.1, 0.15) is 0 Å². The van der Waals surface area contributed by atoms with E-state index in [9.17, 15) is 18.0 Å². The van der Waals surface area contributed by atoms with Gasteiger partial charge in [0.15, 0.2) is 6.08 Å². The Hall–Kier alpha value is -0.980. The quantitative estimate of drug-likeness (QED) is 0.743. The second-order valence-electron chi connectivity index (χ2n) is 5.05. The molecule has 0 aromatic carbocycles. The fourth-order valence-corrected chi connectivity index (χ4v) is 1.23. The SMILES string of the molecule is [2H]C1C([2H])N(C(=O)OC([2H])(C)C(F)(F)F)C([2H])([2H])CN1C(C)(C)C. The standard InChI is InChI=1S/C12H21F3N2O2/c1-9(12(13,14)15)19-10(18)16-5-7-17(8-6-16)11(2,3)4/h9H,5-8H2,1-4H3/i5D,6D2,7D,9D. The largest absolute Gasteiger partial charge is 0.437 e. The molecule has 4 nitrogen and oxygen atoms in total. The molecule has 3 atom stereocenters. The van der Waals surface area contributed by atoms with Crippen LogP contribution in [-0.2, 0) is 4.74 Å². The van der Waals surface area contributed by atoms with E-state index >= 15 is 0 Å². The maximum Gasteiger partial charge on any atom is 0.425 e. The van der Waals surface area contributed by atoms with Gasteiger partial charge < -0.3 is 9.64 Å². The van der Waals surface area contributed by atoms with Crippen molar-refractivity contribution in [3.05, 3.63) is 0 Å². The maximum atomic E-state index is 12.7. The van der Waals surface area contributed by atoms with Gasteiger partial charge in [0.25, 0.3) is 0 Å². The van der Waals surface area contributed by atoms with Gasteiger partial charge in [0.2, 0.25) is 0 Å². The van der Waals surface area contributed by atoms with Crippen molar-refractivity contribution in [2.45, 2.75) is 45.5 Å². The minimum Gasteiger partial charge on any atom is -0.437 e. The summed E-state index contributed by atoms with van der Waals surface area (Å²) in [6.07, 6.45) is -10.6. The monoisotopic (exact) mass is 287 g/mol. The van der Waals surface area contributed by atoms with Gasteiger partial charge in [0, 0.05) is 33.0 Å². The Labute approximate surface area is 118 Å². The van der Waals surface area contributed by atoms with E-state index in [4.69, 9.17) is 6.85 Å². The molecule has 1 heterocycles. The number of carbonyl (C=O) groups is 1. The first kappa shape index (κ1) is 9.85. The molecule has 1 amide bonds. The van der Waals surface area contributed by atoms with Gasteiger partial charge in [0.05, 0.1) is 5.48 Å². The highest BCUT2D eigenvalue weighted by molar-refractivity contribution is 5.68. The lowest BCUT2D eigenvalue weighted by Gasteiger charge is -2.42. The Morgan fingerprint density at radius 2 is 1.95 bits per heavy atom. The third-order valence-electron chi connectivity index (χ3n) is 2.51. The highest BCUT2D eigenvalue weighted by Gasteiger charge is 2.40. The second-order valence-corrected chi connectivity index (χ2v) is 5.05. The molecular weight excluding hydrogens is 261 g/mol. The topological polar surface area (TPSA) is 32.8 Å². The average molecular weight is 287 g/mol. The van der Waals surface area contributed by atoms with E-state index in [0.717, 1.165) is 0 Å². The van der Waals surface area contributed by atoms with E-state index in [0.29, 0.717) is 6.92 Å². The van der Waals surface area contributed by atoms with Crippen LogP contribution in [0.3, 0.4) is 0 Å². The van der Waals surface area contributed by atoms with Crippen LogP contribution < -0.4 is 0 Å². The lowest BCUT2D eigenvalue weighted by Crippen LogP contribution is -2.55. The Morgan fingerprint density at radius 1 is 1.37 bits per heavy atom. The number of hydrogen-bond donors (Lipinski definition) is 0. The van der Waals surface area contributed by atoms with E-state index in [2.05, 4.69) is 4.74 Å². The van der Waals surface area contributed by atoms with Gasteiger partial charge >= 0.3 is 12.3 Å². The Balaban J connectivity index is 3.10. The number of rotatable bonds is 1. The fraction of sp³-hybridized carbons (Fsp3) is 0.917. The van der Waals surface area contributed by atoms with Crippen LogP contribution in [0, 0.1) is 0 Å². The van der Waals surface area contributed by atoms with Crippen molar-refractivity contribution in [1.82, 2.24) is 9.80 Å². The highest BCUT2D eigenvalue weighted by Crippen LogP contribution is 2.23. The van der Waals surface area contributed by atoms with Crippen molar-refractivity contribution in [2.75, 3.05) is 26.1 Å². The van der Waals surface area contributed by atoms with Gasteiger partial charge in [-0.3, -0.25) is 4.90 Å². The van der Waals surface area contributed by atoms with Crippen LogP contribution in [-0.4, -0.2) is 59.8 Å². The minimum atomic E-state index is -5.18. The molecule has 1 fully saturated rings. The summed E-state index contributed by atoms with van der Waals surface area (Å²) in [5, 5.41) is 0. The van der Waals surface area contributed by atoms with Gasteiger partial charge in [-0.2, -0.15) is 13.2 Å². The number of piperazine rings is 1. The maximum absolute atomic E-state index is 12.7. The predicted molar refractivity (Wildman–Crippen MR) is 64.9 cm³/mol. The zero-order chi connectivity index (χ0) is 19.3. The van der Waals surface area contributed by atoms with Gasteiger partial charge in [-0.1, -0.05) is 0 Å². The molecule has 0 bridgehead atoms. The summed E-state index contributed by atoms with van der Waals surface area (Å²) >= 11 is 0. The zero-order valence-electron chi connectivity index (χ0n) is 16.2. The summed E-state index contributed by atoms with van der Waals surface area (Å²) in [6.45, 7) is -0.829. The average Bonchev–Trinajstić information content (AvgIpc) is 2.30. The fourth-order valence-electron chi connectivity index (χ4n) is 1.23. The van der Waals surface area contributed by atoms with Crippen molar-refractivity contribution in [3.63, 3.8) is 0 Å². The van der Waals surface area contributed by atoms with E-state index in [1.54, 1.807) is 20.8 Å². The van der Waals surface area contributed by atoms with E-state index in [1.165, 1.54) is 4.90 Å². The number of carbonyl (C=O) groups excluding carboxylic acids is 1. The highest BCUT2D eigenvalue weighted by atomic mass is 19.4. The van der Waals surface area contributed by atoms with Gasteiger partial charge in [-0.15, -0.1) is 0 Å². The molecule has 1 saturated heterocycles. The molecule has 0 radical (unpaired) electrons. The molecule has 0 N–H and O–H groups in total. The molecule has 1 aliphatic heterocycles.